The van der Waals surface area contributed by atoms with E-state index in [0.717, 1.165) is 19.3 Å². The molecule has 2 unspecified atom stereocenters. The van der Waals surface area contributed by atoms with E-state index in [1.54, 1.807) is 6.20 Å². The van der Waals surface area contributed by atoms with Gasteiger partial charge in [0.25, 0.3) is 0 Å². The first kappa shape index (κ1) is 20.8. The van der Waals surface area contributed by atoms with Crippen LogP contribution in [0.5, 0.6) is 0 Å². The third kappa shape index (κ3) is 4.11. The summed E-state index contributed by atoms with van der Waals surface area (Å²) in [6.45, 7) is 7.49. The Labute approximate surface area is 172 Å². The largest absolute Gasteiger partial charge is 0.598 e. The highest BCUT2D eigenvalue weighted by Gasteiger charge is 2.48. The second-order valence-corrected chi connectivity index (χ2v) is 11.4. The van der Waals surface area contributed by atoms with Crippen molar-refractivity contribution in [3.8, 4) is 0 Å². The summed E-state index contributed by atoms with van der Waals surface area (Å²) in [5.41, 5.74) is 0.394. The van der Waals surface area contributed by atoms with Crippen LogP contribution in [0.25, 0.3) is 0 Å². The lowest BCUT2D eigenvalue weighted by Gasteiger charge is -2.47. The Balaban J connectivity index is 1.90. The minimum absolute atomic E-state index is 0.104. The molecule has 7 nitrogen and oxygen atoms in total. The molecule has 2 aliphatic rings. The molecule has 1 aliphatic heterocycles. The number of nitrogens with one attached hydrogen (secondary N) is 3. The number of rotatable bonds is 4. The molecule has 1 aromatic heterocycles. The fraction of sp³-hybridized carbons (Fsp3) is 0.722. The van der Waals surface area contributed by atoms with E-state index in [1.807, 2.05) is 20.8 Å². The average molecular weight is 457 g/mol. The topological polar surface area (TPSA) is 104 Å². The molecular formula is C18H29BrN6OS. The predicted molar refractivity (Wildman–Crippen MR) is 113 cm³/mol. The first-order valence-electron chi connectivity index (χ1n) is 9.43. The van der Waals surface area contributed by atoms with E-state index in [-0.39, 0.29) is 21.7 Å². The van der Waals surface area contributed by atoms with Gasteiger partial charge in [0, 0.05) is 30.6 Å². The van der Waals surface area contributed by atoms with Crippen molar-refractivity contribution < 1.29 is 4.55 Å². The fourth-order valence-corrected chi connectivity index (χ4v) is 5.40. The monoisotopic (exact) mass is 456 g/mol. The van der Waals surface area contributed by atoms with E-state index in [1.165, 1.54) is 30.3 Å². The van der Waals surface area contributed by atoms with E-state index in [9.17, 15) is 4.55 Å². The van der Waals surface area contributed by atoms with Gasteiger partial charge in [-0.25, -0.2) is 4.98 Å². The Morgan fingerprint density at radius 1 is 1.37 bits per heavy atom. The van der Waals surface area contributed by atoms with Crippen LogP contribution in [-0.4, -0.2) is 44.3 Å². The van der Waals surface area contributed by atoms with Gasteiger partial charge in [0.15, 0.2) is 0 Å². The Bertz CT molecular complexity index is 755. The zero-order valence-corrected chi connectivity index (χ0v) is 18.6. The van der Waals surface area contributed by atoms with Crippen LogP contribution in [0.3, 0.4) is 0 Å². The van der Waals surface area contributed by atoms with Gasteiger partial charge >= 0.3 is 0 Å². The molecule has 1 saturated carbocycles. The Morgan fingerprint density at radius 2 is 2.04 bits per heavy atom. The van der Waals surface area contributed by atoms with Crippen molar-refractivity contribution in [2.45, 2.75) is 63.7 Å². The van der Waals surface area contributed by atoms with Crippen LogP contribution in [0.2, 0.25) is 0 Å². The molecule has 150 valence electrons. The molecule has 0 aromatic carbocycles. The summed E-state index contributed by atoms with van der Waals surface area (Å²) in [4.78, 5) is 6.60. The summed E-state index contributed by atoms with van der Waals surface area (Å²) in [5.74, 6) is 0.597. The molecule has 2 atom stereocenters. The number of hydrogen-bond donors (Lipinski definition) is 3. The van der Waals surface area contributed by atoms with E-state index in [2.05, 4.69) is 30.5 Å². The molecule has 1 spiro atoms. The first-order chi connectivity index (χ1) is 12.7. The van der Waals surface area contributed by atoms with Crippen molar-refractivity contribution >= 4 is 39.6 Å². The van der Waals surface area contributed by atoms with Gasteiger partial charge in [-0.15, -0.1) is 4.72 Å². The maximum atomic E-state index is 12.8. The minimum Gasteiger partial charge on any atom is -0.598 e. The maximum absolute atomic E-state index is 12.8. The predicted octanol–water partition coefficient (Wildman–Crippen LogP) is 2.77. The van der Waals surface area contributed by atoms with Crippen LogP contribution in [0.1, 0.15) is 52.9 Å². The quantitative estimate of drug-likeness (QED) is 0.368. The molecule has 2 fully saturated rings. The highest BCUT2D eigenvalue weighted by molar-refractivity contribution is 9.10. The Kier molecular flexibility index (Phi) is 6.05. The van der Waals surface area contributed by atoms with Crippen molar-refractivity contribution in [1.29, 1.82) is 10.8 Å². The van der Waals surface area contributed by atoms with E-state index in [4.69, 9.17) is 10.8 Å². The normalized spacial score (nSPS) is 23.6. The fourth-order valence-electron chi connectivity index (χ4n) is 4.17. The lowest BCUT2D eigenvalue weighted by atomic mass is 9.73. The zero-order chi connectivity index (χ0) is 19.8. The third-order valence-corrected chi connectivity index (χ3v) is 8.01. The summed E-state index contributed by atoms with van der Waals surface area (Å²) in [7, 11) is 0. The number of halogens is 1. The second kappa shape index (κ2) is 7.85. The van der Waals surface area contributed by atoms with Crippen molar-refractivity contribution in [3.05, 3.63) is 16.2 Å². The molecule has 0 radical (unpaired) electrons. The summed E-state index contributed by atoms with van der Waals surface area (Å²) in [6.07, 6.45) is 8.56. The second-order valence-electron chi connectivity index (χ2n) is 8.57. The lowest BCUT2D eigenvalue weighted by molar-refractivity contribution is 0.174. The van der Waals surface area contributed by atoms with Crippen LogP contribution in [0.15, 0.2) is 10.7 Å². The average Bonchev–Trinajstić information content (AvgIpc) is 3.08. The molecule has 3 N–H and O–H groups in total. The van der Waals surface area contributed by atoms with Gasteiger partial charge in [0.2, 0.25) is 5.95 Å². The molecule has 0 amide bonds. The van der Waals surface area contributed by atoms with Crippen molar-refractivity contribution in [2.24, 2.45) is 5.41 Å². The Hall–Kier alpha value is -0.900. The summed E-state index contributed by atoms with van der Waals surface area (Å²) in [5, 5.41) is 15.9. The molecule has 1 saturated heterocycles. The smallest absolute Gasteiger partial charge is 0.212 e. The van der Waals surface area contributed by atoms with Crippen molar-refractivity contribution in [1.82, 2.24) is 14.3 Å². The SMILES string of the molecule is CC(C)(C)[S+]([O-])NC1CN(c2ncc(Br)c(=N)n2C=N)CCC12CCCC2. The summed E-state index contributed by atoms with van der Waals surface area (Å²) in [6, 6.07) is 0.104. The van der Waals surface area contributed by atoms with E-state index >= 15 is 0 Å². The van der Waals surface area contributed by atoms with E-state index in [0.29, 0.717) is 17.0 Å². The number of anilines is 1. The number of hydrogen-bond acceptors (Lipinski definition) is 6. The highest BCUT2D eigenvalue weighted by Crippen LogP contribution is 2.47. The molecule has 9 heteroatoms. The first-order valence-corrected chi connectivity index (χ1v) is 11.4. The molecular weight excluding hydrogens is 428 g/mol. The molecule has 2 heterocycles. The molecule has 1 aromatic rings. The molecule has 1 aliphatic carbocycles. The van der Waals surface area contributed by atoms with Gasteiger partial charge < -0.3 is 9.45 Å². The minimum atomic E-state index is -1.14. The molecule has 3 rings (SSSR count). The lowest BCUT2D eigenvalue weighted by Crippen LogP contribution is -2.60. The van der Waals surface area contributed by atoms with Crippen molar-refractivity contribution in [2.75, 3.05) is 18.0 Å². The zero-order valence-electron chi connectivity index (χ0n) is 16.2. The van der Waals surface area contributed by atoms with Gasteiger partial charge in [-0.2, -0.15) is 0 Å². The number of piperidine rings is 1. The highest BCUT2D eigenvalue weighted by atomic mass is 79.9. The Morgan fingerprint density at radius 3 is 2.63 bits per heavy atom. The van der Waals surface area contributed by atoms with Crippen LogP contribution < -0.4 is 15.1 Å². The number of nitrogens with zero attached hydrogens (tertiary/aromatic N) is 3. The molecule has 27 heavy (non-hydrogen) atoms. The van der Waals surface area contributed by atoms with Gasteiger partial charge in [-0.05, 0) is 61.4 Å². The van der Waals surface area contributed by atoms with Crippen molar-refractivity contribution in [3.63, 3.8) is 0 Å². The van der Waals surface area contributed by atoms with Gasteiger partial charge in [-0.1, -0.05) is 12.8 Å². The van der Waals surface area contributed by atoms with Crippen LogP contribution in [0.4, 0.5) is 5.95 Å². The molecule has 0 bridgehead atoms. The van der Waals surface area contributed by atoms with E-state index < -0.39 is 11.4 Å². The summed E-state index contributed by atoms with van der Waals surface area (Å²) < 4.78 is 18.0. The number of aromatic nitrogens is 2. The summed E-state index contributed by atoms with van der Waals surface area (Å²) >= 11 is 2.18. The van der Waals surface area contributed by atoms with Gasteiger partial charge in [0.05, 0.1) is 16.9 Å². The van der Waals surface area contributed by atoms with Crippen LogP contribution >= 0.6 is 15.9 Å². The van der Waals surface area contributed by atoms with Crippen LogP contribution in [0, 0.1) is 16.2 Å². The maximum Gasteiger partial charge on any atom is 0.212 e. The van der Waals surface area contributed by atoms with Crippen LogP contribution in [-0.2, 0) is 11.4 Å². The van der Waals surface area contributed by atoms with Gasteiger partial charge in [-0.3, -0.25) is 15.4 Å². The standard InChI is InChI=1S/C18H29BrN6OS/c1-17(2,3)27(26)23-14-11-24(9-8-18(14)6-4-5-7-18)16-22-10-13(19)15(21)25(16)12-20/h10,12,14,20-21,23H,4-9,11H2,1-3H3. The third-order valence-electron chi connectivity index (χ3n) is 5.81. The van der Waals surface area contributed by atoms with Gasteiger partial charge in [0.1, 0.15) is 10.2 Å².